The topological polar surface area (TPSA) is 29.5 Å². The van der Waals surface area contributed by atoms with E-state index in [2.05, 4.69) is 0 Å². The quantitative estimate of drug-likeness (QED) is 0.891. The molecule has 0 saturated carbocycles. The summed E-state index contributed by atoms with van der Waals surface area (Å²) in [6, 6.07) is 11.0. The van der Waals surface area contributed by atoms with E-state index in [9.17, 15) is 5.11 Å². The van der Waals surface area contributed by atoms with Crippen molar-refractivity contribution < 1.29 is 9.84 Å². The predicted octanol–water partition coefficient (Wildman–Crippen LogP) is 4.40. The summed E-state index contributed by atoms with van der Waals surface area (Å²) in [5, 5.41) is 11.6. The van der Waals surface area contributed by atoms with Crippen molar-refractivity contribution >= 4 is 23.2 Å². The molecule has 0 amide bonds. The largest absolute Gasteiger partial charge is 0.493 e. The molecule has 0 radical (unpaired) electrons. The molecule has 0 spiro atoms. The van der Waals surface area contributed by atoms with Crippen LogP contribution < -0.4 is 4.74 Å². The molecule has 1 aliphatic rings. The van der Waals surface area contributed by atoms with Gasteiger partial charge < -0.3 is 9.84 Å². The van der Waals surface area contributed by atoms with Crippen LogP contribution >= 0.6 is 23.2 Å². The van der Waals surface area contributed by atoms with Gasteiger partial charge in [-0.25, -0.2) is 0 Å². The molecule has 2 nitrogen and oxygen atoms in total. The van der Waals surface area contributed by atoms with Crippen molar-refractivity contribution in [1.29, 1.82) is 0 Å². The molecule has 0 saturated heterocycles. The van der Waals surface area contributed by atoms with Crippen LogP contribution in [0.25, 0.3) is 0 Å². The first-order chi connectivity index (χ1) is 9.65. The second kappa shape index (κ2) is 5.65. The van der Waals surface area contributed by atoms with Crippen LogP contribution in [0.2, 0.25) is 10.0 Å². The van der Waals surface area contributed by atoms with E-state index in [1.807, 2.05) is 18.2 Å². The molecule has 3 rings (SSSR count). The smallest absolute Gasteiger partial charge is 0.128 e. The molecule has 1 aliphatic heterocycles. The van der Waals surface area contributed by atoms with Gasteiger partial charge in [0.15, 0.2) is 0 Å². The molecule has 4 heteroatoms. The normalized spacial score (nSPS) is 15.3. The van der Waals surface area contributed by atoms with Crippen molar-refractivity contribution in [3.05, 3.63) is 63.1 Å². The minimum Gasteiger partial charge on any atom is -0.493 e. The summed E-state index contributed by atoms with van der Waals surface area (Å²) >= 11 is 12.0. The van der Waals surface area contributed by atoms with Gasteiger partial charge in [0, 0.05) is 15.6 Å². The van der Waals surface area contributed by atoms with Crippen LogP contribution in [0, 0.1) is 0 Å². The maximum atomic E-state index is 10.6. The third kappa shape index (κ3) is 2.64. The standard InChI is InChI=1S/C16H14Cl2O2/c17-12-7-11(8-13(18)9-12)15(19)14-5-1-3-10-4-2-6-20-16(10)14/h1,3,5,7-9,15,19H,2,4,6H2. The van der Waals surface area contributed by atoms with Gasteiger partial charge in [0.25, 0.3) is 0 Å². The lowest BCUT2D eigenvalue weighted by Gasteiger charge is -2.23. The summed E-state index contributed by atoms with van der Waals surface area (Å²) in [5.74, 6) is 0.794. The van der Waals surface area contributed by atoms with Crippen molar-refractivity contribution in [3.8, 4) is 5.75 Å². The Morgan fingerprint density at radius 2 is 1.85 bits per heavy atom. The Labute approximate surface area is 127 Å². The van der Waals surface area contributed by atoms with Crippen LogP contribution in [0.3, 0.4) is 0 Å². The van der Waals surface area contributed by atoms with Gasteiger partial charge in [0.1, 0.15) is 11.9 Å². The van der Waals surface area contributed by atoms with E-state index in [4.69, 9.17) is 27.9 Å². The Morgan fingerprint density at radius 3 is 2.60 bits per heavy atom. The number of hydrogen-bond acceptors (Lipinski definition) is 2. The average Bonchev–Trinajstić information content (AvgIpc) is 2.45. The average molecular weight is 309 g/mol. The zero-order valence-corrected chi connectivity index (χ0v) is 12.3. The number of aryl methyl sites for hydroxylation is 1. The van der Waals surface area contributed by atoms with Gasteiger partial charge in [0.05, 0.1) is 6.61 Å². The minimum atomic E-state index is -0.792. The first-order valence-corrected chi connectivity index (χ1v) is 7.29. The third-order valence-corrected chi connectivity index (χ3v) is 3.90. The van der Waals surface area contributed by atoms with Gasteiger partial charge in [-0.2, -0.15) is 0 Å². The highest BCUT2D eigenvalue weighted by atomic mass is 35.5. The van der Waals surface area contributed by atoms with Gasteiger partial charge in [-0.15, -0.1) is 0 Å². The maximum Gasteiger partial charge on any atom is 0.128 e. The first-order valence-electron chi connectivity index (χ1n) is 6.54. The molecule has 2 aromatic carbocycles. The monoisotopic (exact) mass is 308 g/mol. The molecule has 0 bridgehead atoms. The van der Waals surface area contributed by atoms with Crippen molar-refractivity contribution in [1.82, 2.24) is 0 Å². The van der Waals surface area contributed by atoms with Crippen LogP contribution in [0.15, 0.2) is 36.4 Å². The molecule has 1 atom stereocenters. The first kappa shape index (κ1) is 13.7. The highest BCUT2D eigenvalue weighted by Gasteiger charge is 2.21. The number of halogens is 2. The third-order valence-electron chi connectivity index (χ3n) is 3.46. The van der Waals surface area contributed by atoms with Crippen LogP contribution in [-0.2, 0) is 6.42 Å². The van der Waals surface area contributed by atoms with Crippen LogP contribution in [0.1, 0.15) is 29.2 Å². The molecule has 0 aromatic heterocycles. The number of benzene rings is 2. The summed E-state index contributed by atoms with van der Waals surface area (Å²) in [6.07, 6.45) is 1.20. The summed E-state index contributed by atoms with van der Waals surface area (Å²) in [4.78, 5) is 0. The number of rotatable bonds is 2. The Morgan fingerprint density at radius 1 is 1.10 bits per heavy atom. The van der Waals surface area contributed by atoms with Crippen LogP contribution in [-0.4, -0.2) is 11.7 Å². The molecule has 20 heavy (non-hydrogen) atoms. The van der Waals surface area contributed by atoms with E-state index >= 15 is 0 Å². The van der Waals surface area contributed by atoms with Crippen molar-refractivity contribution in [2.45, 2.75) is 18.9 Å². The number of para-hydroxylation sites is 1. The Hall–Kier alpha value is -1.22. The number of hydrogen-bond donors (Lipinski definition) is 1. The fourth-order valence-corrected chi connectivity index (χ4v) is 3.09. The zero-order chi connectivity index (χ0) is 14.1. The fourth-order valence-electron chi connectivity index (χ4n) is 2.54. The Balaban J connectivity index is 2.04. The highest BCUT2D eigenvalue weighted by Crippen LogP contribution is 2.36. The molecule has 1 unspecified atom stereocenters. The molecule has 2 aromatic rings. The lowest BCUT2D eigenvalue weighted by molar-refractivity contribution is 0.206. The molecular weight excluding hydrogens is 295 g/mol. The van der Waals surface area contributed by atoms with E-state index in [0.717, 1.165) is 29.7 Å². The van der Waals surface area contributed by atoms with E-state index in [1.165, 1.54) is 0 Å². The number of aliphatic hydroxyl groups is 1. The molecule has 1 heterocycles. The minimum absolute atomic E-state index is 0.511. The molecule has 104 valence electrons. The molecule has 0 aliphatic carbocycles. The molecular formula is C16H14Cl2O2. The predicted molar refractivity (Wildman–Crippen MR) is 80.8 cm³/mol. The number of fused-ring (bicyclic) bond motifs is 1. The van der Waals surface area contributed by atoms with Gasteiger partial charge in [0.2, 0.25) is 0 Å². The van der Waals surface area contributed by atoms with E-state index in [-0.39, 0.29) is 0 Å². The maximum absolute atomic E-state index is 10.6. The lowest BCUT2D eigenvalue weighted by Crippen LogP contribution is -2.12. The molecule has 0 fully saturated rings. The van der Waals surface area contributed by atoms with E-state index in [1.54, 1.807) is 18.2 Å². The van der Waals surface area contributed by atoms with Crippen LogP contribution in [0.5, 0.6) is 5.75 Å². The lowest BCUT2D eigenvalue weighted by atomic mass is 9.95. The second-order valence-corrected chi connectivity index (χ2v) is 5.77. The summed E-state index contributed by atoms with van der Waals surface area (Å²) in [5.41, 5.74) is 2.58. The number of ether oxygens (including phenoxy) is 1. The summed E-state index contributed by atoms with van der Waals surface area (Å²) in [7, 11) is 0. The zero-order valence-electron chi connectivity index (χ0n) is 10.8. The van der Waals surface area contributed by atoms with E-state index < -0.39 is 6.10 Å². The summed E-state index contributed by atoms with van der Waals surface area (Å²) < 4.78 is 5.73. The fraction of sp³-hybridized carbons (Fsp3) is 0.250. The van der Waals surface area contributed by atoms with Crippen molar-refractivity contribution in [3.63, 3.8) is 0 Å². The Bertz CT molecular complexity index is 620. The SMILES string of the molecule is OC(c1cc(Cl)cc(Cl)c1)c1cccc2c1OCCC2. The molecule has 1 N–H and O–H groups in total. The second-order valence-electron chi connectivity index (χ2n) is 4.89. The van der Waals surface area contributed by atoms with E-state index in [0.29, 0.717) is 22.2 Å². The van der Waals surface area contributed by atoms with Crippen molar-refractivity contribution in [2.24, 2.45) is 0 Å². The van der Waals surface area contributed by atoms with Crippen LogP contribution in [0.4, 0.5) is 0 Å². The summed E-state index contributed by atoms with van der Waals surface area (Å²) in [6.45, 7) is 0.688. The van der Waals surface area contributed by atoms with Crippen molar-refractivity contribution in [2.75, 3.05) is 6.61 Å². The Kier molecular flexibility index (Phi) is 3.88. The van der Waals surface area contributed by atoms with Gasteiger partial charge >= 0.3 is 0 Å². The van der Waals surface area contributed by atoms with Gasteiger partial charge in [-0.05, 0) is 42.2 Å². The number of aliphatic hydroxyl groups excluding tert-OH is 1. The highest BCUT2D eigenvalue weighted by molar-refractivity contribution is 6.34. The van der Waals surface area contributed by atoms with Gasteiger partial charge in [-0.3, -0.25) is 0 Å². The van der Waals surface area contributed by atoms with Gasteiger partial charge in [-0.1, -0.05) is 41.4 Å².